The molecule has 1 aromatic heterocycles. The summed E-state index contributed by atoms with van der Waals surface area (Å²) in [6.07, 6.45) is 0. The Morgan fingerprint density at radius 1 is 1.29 bits per heavy atom. The molecule has 0 radical (unpaired) electrons. The molecule has 2 nitrogen and oxygen atoms in total. The summed E-state index contributed by atoms with van der Waals surface area (Å²) in [6.45, 7) is 3.77. The van der Waals surface area contributed by atoms with E-state index in [4.69, 9.17) is 23.2 Å². The third-order valence-corrected chi connectivity index (χ3v) is 3.82. The van der Waals surface area contributed by atoms with Gasteiger partial charge in [0.15, 0.2) is 0 Å². The van der Waals surface area contributed by atoms with Gasteiger partial charge in [0.25, 0.3) is 0 Å². The van der Waals surface area contributed by atoms with Crippen LogP contribution in [-0.4, -0.2) is 11.5 Å². The normalized spacial score (nSPS) is 10.8. The third kappa shape index (κ3) is 2.99. The van der Waals surface area contributed by atoms with Crippen molar-refractivity contribution in [2.45, 2.75) is 13.5 Å². The van der Waals surface area contributed by atoms with E-state index in [-0.39, 0.29) is 0 Å². The Hall–Kier alpha value is -0.610. The first-order chi connectivity index (χ1) is 8.22. The minimum Gasteiger partial charge on any atom is -0.311 e. The van der Waals surface area contributed by atoms with Crippen LogP contribution in [0.15, 0.2) is 23.6 Å². The highest BCUT2D eigenvalue weighted by Crippen LogP contribution is 2.36. The second-order valence-electron chi connectivity index (χ2n) is 3.52. The maximum atomic E-state index is 6.14. The average molecular weight is 287 g/mol. The van der Waals surface area contributed by atoms with Crippen LogP contribution < -0.4 is 5.32 Å². The summed E-state index contributed by atoms with van der Waals surface area (Å²) in [5, 5.41) is 7.41. The summed E-state index contributed by atoms with van der Waals surface area (Å²) in [6, 6.07) is 5.49. The fourth-order valence-corrected chi connectivity index (χ4v) is 3.04. The van der Waals surface area contributed by atoms with E-state index in [9.17, 15) is 0 Å². The number of nitrogens with zero attached hydrogens (tertiary/aromatic N) is 1. The molecule has 1 heterocycles. The largest absolute Gasteiger partial charge is 0.311 e. The molecule has 0 saturated heterocycles. The van der Waals surface area contributed by atoms with E-state index in [1.807, 2.05) is 23.6 Å². The van der Waals surface area contributed by atoms with E-state index < -0.39 is 0 Å². The van der Waals surface area contributed by atoms with Crippen LogP contribution in [0.5, 0.6) is 0 Å². The maximum absolute atomic E-state index is 6.14. The van der Waals surface area contributed by atoms with Crippen molar-refractivity contribution < 1.29 is 0 Å². The molecule has 0 aliphatic rings. The lowest BCUT2D eigenvalue weighted by molar-refractivity contribution is 0.715. The smallest absolute Gasteiger partial charge is 0.126 e. The highest BCUT2D eigenvalue weighted by atomic mass is 35.5. The third-order valence-electron chi connectivity index (χ3n) is 2.28. The first-order valence-corrected chi connectivity index (χ1v) is 6.95. The van der Waals surface area contributed by atoms with Gasteiger partial charge >= 0.3 is 0 Å². The van der Waals surface area contributed by atoms with Crippen LogP contribution in [-0.2, 0) is 6.54 Å². The van der Waals surface area contributed by atoms with Crippen molar-refractivity contribution in [3.8, 4) is 10.6 Å². The summed E-state index contributed by atoms with van der Waals surface area (Å²) in [5.41, 5.74) is 1.84. The van der Waals surface area contributed by atoms with Crippen molar-refractivity contribution in [1.82, 2.24) is 10.3 Å². The standard InChI is InChI=1S/C12H12Cl2N2S/c1-2-15-6-8-7-17-12(16-8)11-9(13)4-3-5-10(11)14/h3-5,7,15H,2,6H2,1H3. The van der Waals surface area contributed by atoms with Crippen molar-refractivity contribution in [2.24, 2.45) is 0 Å². The minimum absolute atomic E-state index is 0.641. The molecule has 1 N–H and O–H groups in total. The molecule has 0 amide bonds. The van der Waals surface area contributed by atoms with Crippen molar-refractivity contribution in [2.75, 3.05) is 6.54 Å². The fourth-order valence-electron chi connectivity index (χ4n) is 1.46. The summed E-state index contributed by atoms with van der Waals surface area (Å²) < 4.78 is 0. The highest BCUT2D eigenvalue weighted by Gasteiger charge is 2.11. The molecule has 0 saturated carbocycles. The van der Waals surface area contributed by atoms with Crippen LogP contribution in [0.25, 0.3) is 10.6 Å². The zero-order valence-corrected chi connectivity index (χ0v) is 11.7. The summed E-state index contributed by atoms with van der Waals surface area (Å²) in [5.74, 6) is 0. The van der Waals surface area contributed by atoms with Gasteiger partial charge in [-0.2, -0.15) is 0 Å². The average Bonchev–Trinajstić information content (AvgIpc) is 2.75. The molecule has 90 valence electrons. The molecule has 0 aliphatic carbocycles. The highest BCUT2D eigenvalue weighted by molar-refractivity contribution is 7.13. The van der Waals surface area contributed by atoms with Crippen LogP contribution in [0, 0.1) is 0 Å². The lowest BCUT2D eigenvalue weighted by atomic mass is 10.2. The van der Waals surface area contributed by atoms with Gasteiger partial charge in [0, 0.05) is 17.5 Å². The lowest BCUT2D eigenvalue weighted by Crippen LogP contribution is -2.11. The molecule has 0 unspecified atom stereocenters. The molecule has 1 aromatic carbocycles. The zero-order valence-electron chi connectivity index (χ0n) is 9.34. The van der Waals surface area contributed by atoms with Gasteiger partial charge in [-0.3, -0.25) is 0 Å². The zero-order chi connectivity index (χ0) is 12.3. The van der Waals surface area contributed by atoms with E-state index in [0.717, 1.165) is 29.4 Å². The summed E-state index contributed by atoms with van der Waals surface area (Å²) >= 11 is 13.8. The summed E-state index contributed by atoms with van der Waals surface area (Å²) in [4.78, 5) is 4.53. The minimum atomic E-state index is 0.641. The molecule has 0 spiro atoms. The fraction of sp³-hybridized carbons (Fsp3) is 0.250. The number of halogens is 2. The molecular formula is C12H12Cl2N2S. The number of aromatic nitrogens is 1. The van der Waals surface area contributed by atoms with Gasteiger partial charge in [0.1, 0.15) is 5.01 Å². The number of rotatable bonds is 4. The predicted molar refractivity (Wildman–Crippen MR) is 75.0 cm³/mol. The number of hydrogen-bond acceptors (Lipinski definition) is 3. The molecule has 2 aromatic rings. The topological polar surface area (TPSA) is 24.9 Å². The predicted octanol–water partition coefficient (Wildman–Crippen LogP) is 4.23. The molecule has 5 heteroatoms. The van der Waals surface area contributed by atoms with Gasteiger partial charge in [-0.05, 0) is 18.7 Å². The number of thiazole rings is 1. The van der Waals surface area contributed by atoms with Gasteiger partial charge in [0.05, 0.1) is 15.7 Å². The molecule has 0 atom stereocenters. The van der Waals surface area contributed by atoms with Crippen LogP contribution in [0.1, 0.15) is 12.6 Å². The van der Waals surface area contributed by atoms with E-state index in [2.05, 4.69) is 17.2 Å². The van der Waals surface area contributed by atoms with Crippen LogP contribution in [0.4, 0.5) is 0 Å². The van der Waals surface area contributed by atoms with E-state index in [1.54, 1.807) is 11.3 Å². The van der Waals surface area contributed by atoms with Crippen LogP contribution >= 0.6 is 34.5 Å². The van der Waals surface area contributed by atoms with Gasteiger partial charge in [-0.15, -0.1) is 11.3 Å². The van der Waals surface area contributed by atoms with Crippen molar-refractivity contribution in [3.63, 3.8) is 0 Å². The van der Waals surface area contributed by atoms with E-state index in [0.29, 0.717) is 10.0 Å². The second kappa shape index (κ2) is 5.83. The number of hydrogen-bond donors (Lipinski definition) is 1. The Kier molecular flexibility index (Phi) is 4.40. The van der Waals surface area contributed by atoms with Gasteiger partial charge in [-0.25, -0.2) is 4.98 Å². The Labute approximate surface area is 115 Å². The van der Waals surface area contributed by atoms with Gasteiger partial charge in [0.2, 0.25) is 0 Å². The lowest BCUT2D eigenvalue weighted by Gasteiger charge is -2.02. The van der Waals surface area contributed by atoms with Crippen molar-refractivity contribution in [3.05, 3.63) is 39.3 Å². The molecule has 0 aliphatic heterocycles. The SMILES string of the molecule is CCNCc1csc(-c2c(Cl)cccc2Cl)n1. The second-order valence-corrected chi connectivity index (χ2v) is 5.19. The summed E-state index contributed by atoms with van der Waals surface area (Å²) in [7, 11) is 0. The Morgan fingerprint density at radius 2 is 2.00 bits per heavy atom. The molecule has 17 heavy (non-hydrogen) atoms. The Morgan fingerprint density at radius 3 is 2.65 bits per heavy atom. The van der Waals surface area contributed by atoms with E-state index in [1.165, 1.54) is 0 Å². The number of benzene rings is 1. The first-order valence-electron chi connectivity index (χ1n) is 5.32. The van der Waals surface area contributed by atoms with E-state index >= 15 is 0 Å². The molecular weight excluding hydrogens is 275 g/mol. The molecule has 0 fully saturated rings. The van der Waals surface area contributed by atoms with Crippen LogP contribution in [0.2, 0.25) is 10.0 Å². The monoisotopic (exact) mass is 286 g/mol. The number of nitrogens with one attached hydrogen (secondary N) is 1. The van der Waals surface area contributed by atoms with Gasteiger partial charge in [-0.1, -0.05) is 36.2 Å². The quantitative estimate of drug-likeness (QED) is 0.910. The van der Waals surface area contributed by atoms with Crippen molar-refractivity contribution >= 4 is 34.5 Å². The maximum Gasteiger partial charge on any atom is 0.126 e. The Balaban J connectivity index is 2.30. The first kappa shape index (κ1) is 12.8. The molecule has 0 bridgehead atoms. The van der Waals surface area contributed by atoms with Gasteiger partial charge < -0.3 is 5.32 Å². The Bertz CT molecular complexity index is 491. The van der Waals surface area contributed by atoms with Crippen molar-refractivity contribution in [1.29, 1.82) is 0 Å². The van der Waals surface area contributed by atoms with Crippen LogP contribution in [0.3, 0.4) is 0 Å². The molecule has 2 rings (SSSR count).